The Bertz CT molecular complexity index is 1650. The number of aromatic hydroxyl groups is 1. The van der Waals surface area contributed by atoms with Crippen molar-refractivity contribution in [1.29, 1.82) is 0 Å². The lowest BCUT2D eigenvalue weighted by atomic mass is 9.90. The van der Waals surface area contributed by atoms with Crippen LogP contribution in [0.5, 0.6) is 40.2 Å². The van der Waals surface area contributed by atoms with Gasteiger partial charge in [-0.3, -0.25) is 4.79 Å². The first-order chi connectivity index (χ1) is 20.3. The van der Waals surface area contributed by atoms with Crippen molar-refractivity contribution in [3.05, 3.63) is 101 Å². The van der Waals surface area contributed by atoms with E-state index in [1.165, 1.54) is 13.2 Å². The highest BCUT2D eigenvalue weighted by Gasteiger charge is 2.44. The minimum Gasteiger partial charge on any atom is -0.507 e. The van der Waals surface area contributed by atoms with E-state index in [0.29, 0.717) is 51.2 Å². The fraction of sp³-hybridized carbons (Fsp3) is 0.182. The van der Waals surface area contributed by atoms with E-state index in [0.717, 1.165) is 5.56 Å². The molecule has 9 nitrogen and oxygen atoms in total. The molecule has 0 bridgehead atoms. The molecule has 4 aromatic rings. The number of hydrogen-bond donors (Lipinski definition) is 2. The first kappa shape index (κ1) is 28.4. The number of fused-ring (bicyclic) bond motifs is 4. The van der Waals surface area contributed by atoms with Gasteiger partial charge in [-0.05, 0) is 36.4 Å². The quantitative estimate of drug-likeness (QED) is 0.296. The van der Waals surface area contributed by atoms with E-state index in [2.05, 4.69) is 0 Å². The molecule has 2 heterocycles. The van der Waals surface area contributed by atoms with Gasteiger partial charge in [0.25, 0.3) is 5.79 Å². The van der Waals surface area contributed by atoms with E-state index < -0.39 is 5.79 Å². The van der Waals surface area contributed by atoms with Gasteiger partial charge in [-0.15, -0.1) is 0 Å². The first-order valence-electron chi connectivity index (χ1n) is 13.0. The maximum atomic E-state index is 12.1. The molecule has 0 spiro atoms. The van der Waals surface area contributed by atoms with Crippen molar-refractivity contribution in [1.82, 2.24) is 0 Å². The monoisotopic (exact) mass is 570 g/mol. The van der Waals surface area contributed by atoms with E-state index in [1.54, 1.807) is 75.9 Å². The number of carbonyl (C=O) groups is 1. The van der Waals surface area contributed by atoms with Crippen LogP contribution < -0.4 is 28.4 Å². The third-order valence-corrected chi connectivity index (χ3v) is 6.90. The molecule has 6 rings (SSSR count). The standard InChI is InChI=1S/C19H18O6.C14H12O3/c1-21-12-5-4-11-6-14-13-8-17(22-2)18(23-3)9-16(13)24-10-19(14,20)25-15(11)7-12;1-17-11-7-8-12(13(15)9-11)14(16)10-5-3-2-4-6-10/h4-9,20H,10H2,1-3H3;2-9,15H,1H3. The number of carbonyl (C=O) groups excluding carboxylic acids is 1. The van der Waals surface area contributed by atoms with Crippen molar-refractivity contribution in [3.63, 3.8) is 0 Å². The van der Waals surface area contributed by atoms with E-state index in [9.17, 15) is 15.0 Å². The second kappa shape index (κ2) is 11.8. The molecule has 42 heavy (non-hydrogen) atoms. The molecule has 1 unspecified atom stereocenters. The number of phenols is 1. The van der Waals surface area contributed by atoms with Crippen LogP contribution in [0.25, 0.3) is 11.6 Å². The molecule has 0 fully saturated rings. The fourth-order valence-corrected chi connectivity index (χ4v) is 4.69. The Balaban J connectivity index is 0.000000181. The smallest absolute Gasteiger partial charge is 0.270 e. The second-order valence-electron chi connectivity index (χ2n) is 9.42. The minimum atomic E-state index is -1.58. The number of ketones is 1. The molecule has 0 radical (unpaired) electrons. The molecule has 0 saturated heterocycles. The summed E-state index contributed by atoms with van der Waals surface area (Å²) in [4.78, 5) is 12.1. The van der Waals surface area contributed by atoms with Crippen LogP contribution in [-0.2, 0) is 0 Å². The molecular formula is C33H30O9. The summed E-state index contributed by atoms with van der Waals surface area (Å²) in [5.74, 6) is 1.59. The number of methoxy groups -OCH3 is 4. The average Bonchev–Trinajstić information content (AvgIpc) is 3.03. The first-order valence-corrected chi connectivity index (χ1v) is 13.0. The number of hydrogen-bond acceptors (Lipinski definition) is 9. The Morgan fingerprint density at radius 1 is 0.786 bits per heavy atom. The predicted molar refractivity (Wildman–Crippen MR) is 156 cm³/mol. The topological polar surface area (TPSA) is 113 Å². The highest BCUT2D eigenvalue weighted by molar-refractivity contribution is 6.10. The summed E-state index contributed by atoms with van der Waals surface area (Å²) in [6.07, 6.45) is 1.89. The van der Waals surface area contributed by atoms with Gasteiger partial charge in [-0.2, -0.15) is 0 Å². The number of rotatable bonds is 6. The van der Waals surface area contributed by atoms with Crippen LogP contribution in [0.2, 0.25) is 0 Å². The molecule has 9 heteroatoms. The summed E-state index contributed by atoms with van der Waals surface area (Å²) in [5.41, 5.74) is 2.99. The summed E-state index contributed by atoms with van der Waals surface area (Å²) in [6.45, 7) is -0.0298. The summed E-state index contributed by atoms with van der Waals surface area (Å²) in [7, 11) is 6.22. The summed E-state index contributed by atoms with van der Waals surface area (Å²) < 4.78 is 32.5. The van der Waals surface area contributed by atoms with Crippen LogP contribution in [-0.4, -0.2) is 56.8 Å². The third-order valence-electron chi connectivity index (χ3n) is 6.90. The lowest BCUT2D eigenvalue weighted by molar-refractivity contribution is -0.116. The number of aliphatic hydroxyl groups is 1. The van der Waals surface area contributed by atoms with E-state index in [-0.39, 0.29) is 23.7 Å². The van der Waals surface area contributed by atoms with Crippen LogP contribution in [0.3, 0.4) is 0 Å². The van der Waals surface area contributed by atoms with Gasteiger partial charge in [-0.1, -0.05) is 30.3 Å². The van der Waals surface area contributed by atoms with Gasteiger partial charge in [-0.25, -0.2) is 0 Å². The van der Waals surface area contributed by atoms with Crippen LogP contribution in [0, 0.1) is 0 Å². The Morgan fingerprint density at radius 2 is 1.45 bits per heavy atom. The largest absolute Gasteiger partial charge is 0.507 e. The van der Waals surface area contributed by atoms with E-state index >= 15 is 0 Å². The van der Waals surface area contributed by atoms with E-state index in [4.69, 9.17) is 28.4 Å². The van der Waals surface area contributed by atoms with Crippen molar-refractivity contribution in [2.75, 3.05) is 35.0 Å². The molecule has 0 aromatic heterocycles. The molecule has 4 aromatic carbocycles. The minimum absolute atomic E-state index is 0.0298. The fourth-order valence-electron chi connectivity index (χ4n) is 4.69. The van der Waals surface area contributed by atoms with Crippen LogP contribution in [0.4, 0.5) is 0 Å². The van der Waals surface area contributed by atoms with Gasteiger partial charge in [0.15, 0.2) is 23.9 Å². The summed E-state index contributed by atoms with van der Waals surface area (Å²) in [5, 5.41) is 20.8. The highest BCUT2D eigenvalue weighted by atomic mass is 16.7. The Kier molecular flexibility index (Phi) is 7.95. The SMILES string of the molecule is COc1ccc(C(=O)c2ccccc2)c(O)c1.COc1ccc2c(c1)OC1(O)COc3cc(OC)c(OC)cc3C1=C2. The Hall–Kier alpha value is -5.15. The van der Waals surface area contributed by atoms with Gasteiger partial charge in [0, 0.05) is 40.5 Å². The summed E-state index contributed by atoms with van der Waals surface area (Å²) in [6, 6.07) is 22.5. The Morgan fingerprint density at radius 3 is 2.12 bits per heavy atom. The highest BCUT2D eigenvalue weighted by Crippen LogP contribution is 2.49. The van der Waals surface area contributed by atoms with Gasteiger partial charge >= 0.3 is 0 Å². The van der Waals surface area contributed by atoms with Crippen molar-refractivity contribution in [2.45, 2.75) is 5.79 Å². The molecule has 216 valence electrons. The zero-order valence-electron chi connectivity index (χ0n) is 23.5. The van der Waals surface area contributed by atoms with Gasteiger partial charge in [0.1, 0.15) is 28.7 Å². The third kappa shape index (κ3) is 5.42. The average molecular weight is 571 g/mol. The second-order valence-corrected chi connectivity index (χ2v) is 9.42. The molecule has 0 saturated carbocycles. The van der Waals surface area contributed by atoms with Gasteiger partial charge in [0.05, 0.1) is 34.0 Å². The van der Waals surface area contributed by atoms with Crippen molar-refractivity contribution in [2.24, 2.45) is 0 Å². The van der Waals surface area contributed by atoms with E-state index in [1.807, 2.05) is 24.3 Å². The number of phenolic OH excluding ortho intramolecular Hbond substituents is 1. The van der Waals surface area contributed by atoms with Crippen LogP contribution >= 0.6 is 0 Å². The lowest BCUT2D eigenvalue weighted by Crippen LogP contribution is -2.47. The molecule has 0 amide bonds. The maximum Gasteiger partial charge on any atom is 0.270 e. The van der Waals surface area contributed by atoms with Crippen LogP contribution in [0.1, 0.15) is 27.0 Å². The molecule has 2 aliphatic rings. The van der Waals surface area contributed by atoms with Gasteiger partial charge < -0.3 is 38.6 Å². The zero-order valence-corrected chi connectivity index (χ0v) is 23.5. The number of benzene rings is 4. The predicted octanol–water partition coefficient (Wildman–Crippen LogP) is 5.36. The normalized spacial score (nSPS) is 16.0. The van der Waals surface area contributed by atoms with Crippen molar-refractivity contribution >= 4 is 17.4 Å². The zero-order chi connectivity index (χ0) is 29.9. The van der Waals surface area contributed by atoms with Crippen molar-refractivity contribution in [3.8, 4) is 40.2 Å². The molecule has 2 aliphatic heterocycles. The number of ether oxygens (including phenoxy) is 6. The Labute approximate surface area is 243 Å². The van der Waals surface area contributed by atoms with Crippen LogP contribution in [0.15, 0.2) is 78.9 Å². The van der Waals surface area contributed by atoms with Crippen molar-refractivity contribution < 1.29 is 43.4 Å². The molecule has 0 aliphatic carbocycles. The van der Waals surface area contributed by atoms with Gasteiger partial charge in [0.2, 0.25) is 0 Å². The lowest BCUT2D eigenvalue weighted by Gasteiger charge is -2.39. The maximum absolute atomic E-state index is 12.1. The molecule has 2 N–H and O–H groups in total. The summed E-state index contributed by atoms with van der Waals surface area (Å²) >= 11 is 0. The molecular weight excluding hydrogens is 540 g/mol. The molecule has 1 atom stereocenters.